The van der Waals surface area contributed by atoms with Gasteiger partial charge in [-0.05, 0) is 12.1 Å². The number of aliphatic carboxylic acids is 1. The molecule has 0 bridgehead atoms. The van der Waals surface area contributed by atoms with E-state index in [1.54, 1.807) is 0 Å². The van der Waals surface area contributed by atoms with Crippen molar-refractivity contribution in [2.24, 2.45) is 0 Å². The molecule has 0 aliphatic carbocycles. The van der Waals surface area contributed by atoms with Crippen molar-refractivity contribution < 1.29 is 34.5 Å². The van der Waals surface area contributed by atoms with E-state index in [1.807, 2.05) is 0 Å². The Labute approximate surface area is 113 Å². The normalized spacial score (nSPS) is 11.5. The molecule has 0 fully saturated rings. The predicted molar refractivity (Wildman–Crippen MR) is 64.6 cm³/mol. The van der Waals surface area contributed by atoms with Crippen LogP contribution in [0.15, 0.2) is 24.3 Å². The Morgan fingerprint density at radius 3 is 2.35 bits per heavy atom. The van der Waals surface area contributed by atoms with Crippen molar-refractivity contribution in [3.05, 3.63) is 29.8 Å². The first-order valence-corrected chi connectivity index (χ1v) is 5.52. The van der Waals surface area contributed by atoms with E-state index in [1.165, 1.54) is 24.3 Å². The van der Waals surface area contributed by atoms with Crippen LogP contribution in [-0.2, 0) is 14.4 Å². The first-order chi connectivity index (χ1) is 9.38. The predicted octanol–water partition coefficient (Wildman–Crippen LogP) is -0.242. The Hall–Kier alpha value is -2.61. The zero-order valence-electron chi connectivity index (χ0n) is 10.5. The molecular formula is C12H13NO7. The van der Waals surface area contributed by atoms with Gasteiger partial charge in [-0.3, -0.25) is 4.79 Å². The lowest BCUT2D eigenvalue weighted by atomic mass is 10.2. The molecule has 1 aromatic carbocycles. The largest absolute Gasteiger partial charge is 0.507 e. The molecule has 20 heavy (non-hydrogen) atoms. The molecular weight excluding hydrogens is 270 g/mol. The van der Waals surface area contributed by atoms with Crippen LogP contribution in [-0.4, -0.2) is 50.9 Å². The third-order valence-corrected chi connectivity index (χ3v) is 2.36. The molecule has 1 atom stereocenters. The highest BCUT2D eigenvalue weighted by Gasteiger charge is 2.31. The topological polar surface area (TPSA) is 124 Å². The molecule has 1 aromatic rings. The van der Waals surface area contributed by atoms with E-state index in [0.717, 1.165) is 6.92 Å². The fourth-order valence-corrected chi connectivity index (χ4v) is 1.38. The van der Waals surface area contributed by atoms with E-state index in [4.69, 9.17) is 10.2 Å². The summed E-state index contributed by atoms with van der Waals surface area (Å²) >= 11 is 0. The Morgan fingerprint density at radius 1 is 1.30 bits per heavy atom. The Kier molecular flexibility index (Phi) is 5.04. The van der Waals surface area contributed by atoms with Gasteiger partial charge in [-0.25, -0.2) is 9.59 Å². The number of hydroxylamine groups is 2. The maximum Gasteiger partial charge on any atom is 0.367 e. The highest BCUT2D eigenvalue weighted by atomic mass is 16.7. The zero-order chi connectivity index (χ0) is 15.3. The number of carbonyl (C=O) groups excluding carboxylic acids is 2. The second-order valence-electron chi connectivity index (χ2n) is 3.78. The lowest BCUT2D eigenvalue weighted by molar-refractivity contribution is -0.188. The fourth-order valence-electron chi connectivity index (χ4n) is 1.38. The molecule has 0 radical (unpaired) electrons. The minimum absolute atomic E-state index is 0.235. The number of carboxylic acid groups (broad SMARTS) is 1. The van der Waals surface area contributed by atoms with Crippen molar-refractivity contribution in [2.75, 3.05) is 6.61 Å². The van der Waals surface area contributed by atoms with Crippen LogP contribution in [0.1, 0.15) is 17.3 Å². The second kappa shape index (κ2) is 6.53. The summed E-state index contributed by atoms with van der Waals surface area (Å²) in [5.41, 5.74) is -0.235. The minimum atomic E-state index is -1.72. The summed E-state index contributed by atoms with van der Waals surface area (Å²) in [7, 11) is 0. The van der Waals surface area contributed by atoms with Crippen LogP contribution in [0, 0.1) is 0 Å². The van der Waals surface area contributed by atoms with Crippen molar-refractivity contribution in [2.45, 2.75) is 13.0 Å². The third kappa shape index (κ3) is 3.45. The van der Waals surface area contributed by atoms with Gasteiger partial charge in [-0.1, -0.05) is 12.1 Å². The van der Waals surface area contributed by atoms with Gasteiger partial charge in [0, 0.05) is 6.92 Å². The van der Waals surface area contributed by atoms with Gasteiger partial charge in [-0.2, -0.15) is 5.06 Å². The summed E-state index contributed by atoms with van der Waals surface area (Å²) in [6.07, 6.45) is 0. The van der Waals surface area contributed by atoms with E-state index in [0.29, 0.717) is 0 Å². The van der Waals surface area contributed by atoms with Crippen LogP contribution in [0.5, 0.6) is 5.75 Å². The van der Waals surface area contributed by atoms with Crippen molar-refractivity contribution in [3.63, 3.8) is 0 Å². The number of aliphatic hydroxyl groups is 1. The number of carboxylic acids is 1. The van der Waals surface area contributed by atoms with Crippen molar-refractivity contribution in [3.8, 4) is 5.75 Å². The summed E-state index contributed by atoms with van der Waals surface area (Å²) < 4.78 is 0. The maximum atomic E-state index is 11.8. The van der Waals surface area contributed by atoms with E-state index in [9.17, 15) is 19.5 Å². The highest BCUT2D eigenvalue weighted by Crippen LogP contribution is 2.17. The van der Waals surface area contributed by atoms with Gasteiger partial charge in [-0.15, -0.1) is 0 Å². The van der Waals surface area contributed by atoms with Gasteiger partial charge in [0.25, 0.3) is 5.91 Å². The molecule has 0 spiro atoms. The Morgan fingerprint density at radius 2 is 1.90 bits per heavy atom. The number of phenolic OH excluding ortho intramolecular Hbond substituents is 1. The van der Waals surface area contributed by atoms with Crippen LogP contribution in [0.25, 0.3) is 0 Å². The van der Waals surface area contributed by atoms with Gasteiger partial charge in [0.15, 0.2) is 6.04 Å². The lowest BCUT2D eigenvalue weighted by Crippen LogP contribution is -2.47. The first-order valence-electron chi connectivity index (χ1n) is 5.52. The first kappa shape index (κ1) is 15.4. The average molecular weight is 283 g/mol. The number of para-hydroxylation sites is 1. The SMILES string of the molecule is CC(=O)N(OC(=O)c1ccccc1O)[C@@H](CO)C(=O)O. The Bertz CT molecular complexity index is 528. The molecule has 108 valence electrons. The number of benzene rings is 1. The highest BCUT2D eigenvalue weighted by molar-refractivity contribution is 5.93. The standard InChI is InChI=1S/C12H13NO7/c1-7(15)13(9(6-14)11(17)18)20-12(19)8-4-2-3-5-10(8)16/h2-5,9,14,16H,6H2,1H3,(H,17,18)/t9-/m0/s1. The molecule has 1 amide bonds. The Balaban J connectivity index is 2.97. The third-order valence-electron chi connectivity index (χ3n) is 2.36. The molecule has 0 saturated heterocycles. The number of rotatable bonds is 4. The fraction of sp³-hybridized carbons (Fsp3) is 0.250. The maximum absolute atomic E-state index is 11.8. The van der Waals surface area contributed by atoms with Gasteiger partial charge in [0.05, 0.1) is 6.61 Å². The van der Waals surface area contributed by atoms with Crippen molar-refractivity contribution in [1.82, 2.24) is 5.06 Å². The monoisotopic (exact) mass is 283 g/mol. The summed E-state index contributed by atoms with van der Waals surface area (Å²) in [5.74, 6) is -3.90. The van der Waals surface area contributed by atoms with Crippen LogP contribution < -0.4 is 0 Å². The van der Waals surface area contributed by atoms with Gasteiger partial charge in [0.1, 0.15) is 11.3 Å². The van der Waals surface area contributed by atoms with E-state index >= 15 is 0 Å². The molecule has 3 N–H and O–H groups in total. The lowest BCUT2D eigenvalue weighted by Gasteiger charge is -2.24. The summed E-state index contributed by atoms with van der Waals surface area (Å²) in [6.45, 7) is 0.0483. The number of hydrogen-bond donors (Lipinski definition) is 3. The van der Waals surface area contributed by atoms with Crippen LogP contribution in [0.2, 0.25) is 0 Å². The minimum Gasteiger partial charge on any atom is -0.507 e. The number of aliphatic hydroxyl groups excluding tert-OH is 1. The van der Waals surface area contributed by atoms with E-state index in [-0.39, 0.29) is 16.4 Å². The quantitative estimate of drug-likeness (QED) is 0.651. The summed E-state index contributed by atoms with van der Waals surface area (Å²) in [6, 6.07) is 3.68. The number of aromatic hydroxyl groups is 1. The number of hydrogen-bond acceptors (Lipinski definition) is 6. The molecule has 0 unspecified atom stereocenters. The molecule has 0 aliphatic rings. The van der Waals surface area contributed by atoms with Crippen molar-refractivity contribution >= 4 is 17.8 Å². The molecule has 8 nitrogen and oxygen atoms in total. The smallest absolute Gasteiger partial charge is 0.367 e. The molecule has 0 aromatic heterocycles. The molecule has 8 heteroatoms. The summed E-state index contributed by atoms with van der Waals surface area (Å²) in [5, 5.41) is 27.5. The van der Waals surface area contributed by atoms with Crippen LogP contribution in [0.4, 0.5) is 0 Å². The zero-order valence-corrected chi connectivity index (χ0v) is 10.5. The van der Waals surface area contributed by atoms with Crippen LogP contribution >= 0.6 is 0 Å². The van der Waals surface area contributed by atoms with Gasteiger partial charge in [0.2, 0.25) is 0 Å². The summed E-state index contributed by atoms with van der Waals surface area (Å²) in [4.78, 5) is 38.6. The molecule has 1 rings (SSSR count). The van der Waals surface area contributed by atoms with E-state index < -0.39 is 30.5 Å². The van der Waals surface area contributed by atoms with Crippen molar-refractivity contribution in [1.29, 1.82) is 0 Å². The van der Waals surface area contributed by atoms with Crippen LogP contribution in [0.3, 0.4) is 0 Å². The van der Waals surface area contributed by atoms with Gasteiger partial charge < -0.3 is 20.2 Å². The van der Waals surface area contributed by atoms with Gasteiger partial charge >= 0.3 is 11.9 Å². The second-order valence-corrected chi connectivity index (χ2v) is 3.78. The number of nitrogens with zero attached hydrogens (tertiary/aromatic N) is 1. The molecule has 0 aliphatic heterocycles. The number of phenols is 1. The molecule has 0 heterocycles. The number of amides is 1. The average Bonchev–Trinajstić information content (AvgIpc) is 2.38. The van der Waals surface area contributed by atoms with E-state index in [2.05, 4.69) is 4.84 Å². The number of carbonyl (C=O) groups is 3. The molecule has 0 saturated carbocycles.